The summed E-state index contributed by atoms with van der Waals surface area (Å²) in [5.74, 6) is 0.668. The summed E-state index contributed by atoms with van der Waals surface area (Å²) in [7, 11) is -1.69. The van der Waals surface area contributed by atoms with E-state index in [0.29, 0.717) is 30.3 Å². The highest BCUT2D eigenvalue weighted by atomic mass is 35.5. The monoisotopic (exact) mass is 507 g/mol. The van der Waals surface area contributed by atoms with Crippen LogP contribution in [0.3, 0.4) is 0 Å². The average Bonchev–Trinajstić information content (AvgIpc) is 3.57. The van der Waals surface area contributed by atoms with Crippen molar-refractivity contribution in [1.29, 1.82) is 0 Å². The second-order valence-corrected chi connectivity index (χ2v) is 9.68. The molecule has 4 rings (SSSR count). The molecule has 2 unspecified atom stereocenters. The zero-order valence-electron chi connectivity index (χ0n) is 18.3. The molecule has 2 aromatic rings. The van der Waals surface area contributed by atoms with Gasteiger partial charge in [0, 0.05) is 13.2 Å². The molecule has 33 heavy (non-hydrogen) atoms. The van der Waals surface area contributed by atoms with Crippen molar-refractivity contribution < 1.29 is 34.6 Å². The van der Waals surface area contributed by atoms with Gasteiger partial charge < -0.3 is 39.9 Å². The SMILES string of the molecule is CO.OCC(CO)(OCC1CCC(n2ncc3c(NC4CCCC4)nc(Cl)nc32)O1)P(O)O. The van der Waals surface area contributed by atoms with E-state index in [-0.39, 0.29) is 18.0 Å². The largest absolute Gasteiger partial charge is 0.400 e. The fraction of sp³-hybridized carbons (Fsp3) is 0.737. The predicted octanol–water partition coefficient (Wildman–Crippen LogP) is 1.11. The highest BCUT2D eigenvalue weighted by molar-refractivity contribution is 7.46. The normalized spacial score (nSPS) is 21.6. The third-order valence-corrected chi connectivity index (χ3v) is 7.19. The maximum atomic E-state index is 9.50. The first-order chi connectivity index (χ1) is 16.0. The molecule has 0 spiro atoms. The van der Waals surface area contributed by atoms with Crippen LogP contribution in [0, 0.1) is 0 Å². The number of nitrogens with zero attached hydrogens (tertiary/aromatic N) is 4. The minimum Gasteiger partial charge on any atom is -0.400 e. The number of anilines is 1. The van der Waals surface area contributed by atoms with E-state index in [4.69, 9.17) is 26.2 Å². The fourth-order valence-corrected chi connectivity index (χ4v) is 4.65. The molecule has 0 aromatic carbocycles. The standard InChI is InChI=1S/C18H27ClN5O6P.CH4O/c19-17-22-15(21-11-3-1-2-4-11)13-7-20-24(16(13)23-17)14-6-5-12(30-14)8-29-18(9-25,10-26)31(27)28;1-2/h7,11-12,14,25-28H,1-6,8-10H2,(H,21,22,23);2H,1H3. The number of rotatable bonds is 9. The molecule has 1 aliphatic carbocycles. The van der Waals surface area contributed by atoms with E-state index in [1.165, 1.54) is 12.8 Å². The highest BCUT2D eigenvalue weighted by Gasteiger charge is 2.40. The van der Waals surface area contributed by atoms with Crippen molar-refractivity contribution in [1.82, 2.24) is 19.7 Å². The zero-order valence-corrected chi connectivity index (χ0v) is 20.0. The Kier molecular flexibility index (Phi) is 9.57. The molecule has 12 nitrogen and oxygen atoms in total. The maximum absolute atomic E-state index is 9.50. The Labute approximate surface area is 197 Å². The molecule has 1 saturated carbocycles. The van der Waals surface area contributed by atoms with Crippen molar-refractivity contribution in [2.45, 2.75) is 62.2 Å². The minimum absolute atomic E-state index is 0.0129. The number of aromatic nitrogens is 4. The van der Waals surface area contributed by atoms with Gasteiger partial charge in [-0.25, -0.2) is 4.68 Å². The van der Waals surface area contributed by atoms with Gasteiger partial charge in [-0.15, -0.1) is 0 Å². The Balaban J connectivity index is 0.00000149. The lowest BCUT2D eigenvalue weighted by atomic mass is 10.2. The highest BCUT2D eigenvalue weighted by Crippen LogP contribution is 2.43. The van der Waals surface area contributed by atoms with Gasteiger partial charge in [-0.05, 0) is 37.3 Å². The third kappa shape index (κ3) is 5.90. The van der Waals surface area contributed by atoms with Crippen LogP contribution < -0.4 is 5.32 Å². The van der Waals surface area contributed by atoms with E-state index in [9.17, 15) is 20.0 Å². The summed E-state index contributed by atoms with van der Waals surface area (Å²) >= 11 is 6.18. The lowest BCUT2D eigenvalue weighted by Gasteiger charge is -2.31. The Morgan fingerprint density at radius 1 is 1.18 bits per heavy atom. The van der Waals surface area contributed by atoms with Gasteiger partial charge in [-0.1, -0.05) is 12.8 Å². The first kappa shape index (κ1) is 26.4. The van der Waals surface area contributed by atoms with Crippen molar-refractivity contribution >= 4 is 36.8 Å². The summed E-state index contributed by atoms with van der Waals surface area (Å²) in [5, 5.41) is 32.8. The molecule has 0 amide bonds. The molecule has 3 heterocycles. The first-order valence-electron chi connectivity index (χ1n) is 10.8. The molecule has 2 atom stereocenters. The molecule has 2 aromatic heterocycles. The van der Waals surface area contributed by atoms with Gasteiger partial charge in [0.2, 0.25) is 13.7 Å². The fourth-order valence-electron chi connectivity index (χ4n) is 4.05. The summed E-state index contributed by atoms with van der Waals surface area (Å²) in [6.45, 7) is -1.44. The van der Waals surface area contributed by atoms with Crippen molar-refractivity contribution in [2.24, 2.45) is 0 Å². The van der Waals surface area contributed by atoms with E-state index in [1.54, 1.807) is 10.9 Å². The zero-order chi connectivity index (χ0) is 24.0. The summed E-state index contributed by atoms with van der Waals surface area (Å²) in [4.78, 5) is 27.7. The lowest BCUT2D eigenvalue weighted by Crippen LogP contribution is -2.41. The van der Waals surface area contributed by atoms with Gasteiger partial charge >= 0.3 is 0 Å². The second kappa shape index (κ2) is 12.0. The number of aliphatic hydroxyl groups excluding tert-OH is 3. The van der Waals surface area contributed by atoms with Crippen LogP contribution in [0.2, 0.25) is 5.28 Å². The summed E-state index contributed by atoms with van der Waals surface area (Å²) in [6, 6.07) is 0.364. The molecule has 0 bridgehead atoms. The number of hydrogen-bond donors (Lipinski definition) is 6. The van der Waals surface area contributed by atoms with Gasteiger partial charge in [0.25, 0.3) is 0 Å². The summed E-state index contributed by atoms with van der Waals surface area (Å²) in [5.41, 5.74) is 0.571. The topological polar surface area (TPSA) is 175 Å². The number of aliphatic hydroxyl groups is 3. The smallest absolute Gasteiger partial charge is 0.226 e. The predicted molar refractivity (Wildman–Crippen MR) is 122 cm³/mol. The molecule has 2 aliphatic rings. The number of fused-ring (bicyclic) bond motifs is 1. The van der Waals surface area contributed by atoms with E-state index in [2.05, 4.69) is 20.4 Å². The number of ether oxygens (including phenoxy) is 2. The van der Waals surface area contributed by atoms with E-state index < -0.39 is 33.2 Å². The van der Waals surface area contributed by atoms with Gasteiger partial charge in [-0.3, -0.25) is 0 Å². The van der Waals surface area contributed by atoms with E-state index in [0.717, 1.165) is 25.3 Å². The van der Waals surface area contributed by atoms with Gasteiger partial charge in [0.1, 0.15) is 5.82 Å². The molecule has 6 N–H and O–H groups in total. The Morgan fingerprint density at radius 3 is 2.52 bits per heavy atom. The minimum atomic E-state index is -2.69. The van der Waals surface area contributed by atoms with Crippen LogP contribution in [0.15, 0.2) is 6.20 Å². The summed E-state index contributed by atoms with van der Waals surface area (Å²) < 4.78 is 13.1. The second-order valence-electron chi connectivity index (χ2n) is 7.95. The molecule has 1 aliphatic heterocycles. The van der Waals surface area contributed by atoms with Crippen LogP contribution in [0.4, 0.5) is 5.82 Å². The van der Waals surface area contributed by atoms with Gasteiger partial charge in [-0.2, -0.15) is 15.1 Å². The molecule has 186 valence electrons. The Morgan fingerprint density at radius 2 is 1.88 bits per heavy atom. The Bertz CT molecular complexity index is 895. The number of hydrogen-bond acceptors (Lipinski definition) is 11. The first-order valence-corrected chi connectivity index (χ1v) is 12.4. The quantitative estimate of drug-likeness (QED) is 0.212. The molecular formula is C19H31ClN5O7P. The van der Waals surface area contributed by atoms with Crippen LogP contribution in [-0.4, -0.2) is 89.3 Å². The Hall–Kier alpha value is -1.21. The van der Waals surface area contributed by atoms with Crippen LogP contribution in [0.5, 0.6) is 0 Å². The van der Waals surface area contributed by atoms with Gasteiger partial charge in [0.15, 0.2) is 17.2 Å². The van der Waals surface area contributed by atoms with Crippen LogP contribution in [0.25, 0.3) is 11.0 Å². The van der Waals surface area contributed by atoms with Gasteiger partial charge in [0.05, 0.1) is 37.5 Å². The third-order valence-electron chi connectivity index (χ3n) is 5.88. The number of halogens is 1. The molecule has 1 saturated heterocycles. The van der Waals surface area contributed by atoms with Crippen LogP contribution in [0.1, 0.15) is 44.8 Å². The maximum Gasteiger partial charge on any atom is 0.226 e. The average molecular weight is 508 g/mol. The van der Waals surface area contributed by atoms with Crippen molar-refractivity contribution in [3.63, 3.8) is 0 Å². The van der Waals surface area contributed by atoms with E-state index >= 15 is 0 Å². The van der Waals surface area contributed by atoms with Crippen LogP contribution in [-0.2, 0) is 9.47 Å². The molecule has 0 radical (unpaired) electrons. The van der Waals surface area contributed by atoms with Crippen molar-refractivity contribution in [2.75, 3.05) is 32.2 Å². The van der Waals surface area contributed by atoms with Crippen LogP contribution >= 0.6 is 20.0 Å². The molecule has 2 fully saturated rings. The lowest BCUT2D eigenvalue weighted by molar-refractivity contribution is -0.106. The van der Waals surface area contributed by atoms with Crippen molar-refractivity contribution in [3.05, 3.63) is 11.5 Å². The van der Waals surface area contributed by atoms with Crippen molar-refractivity contribution in [3.8, 4) is 0 Å². The summed E-state index contributed by atoms with van der Waals surface area (Å²) in [6.07, 6.45) is 6.76. The van der Waals surface area contributed by atoms with E-state index in [1.807, 2.05) is 0 Å². The molecule has 14 heteroatoms. The molecular weight excluding hydrogens is 477 g/mol. The number of nitrogens with one attached hydrogen (secondary N) is 1.